The van der Waals surface area contributed by atoms with Crippen LogP contribution in [0.1, 0.15) is 23.5 Å². The summed E-state index contributed by atoms with van der Waals surface area (Å²) in [6.07, 6.45) is -0.195. The van der Waals surface area contributed by atoms with Crippen molar-refractivity contribution >= 4 is 69.8 Å². The number of halogens is 3. The van der Waals surface area contributed by atoms with Gasteiger partial charge in [-0.15, -0.1) is 0 Å². The molecule has 0 unspecified atom stereocenters. The summed E-state index contributed by atoms with van der Waals surface area (Å²) in [6.45, 7) is 1.84. The summed E-state index contributed by atoms with van der Waals surface area (Å²) in [4.78, 5) is 44.8. The van der Waals surface area contributed by atoms with Gasteiger partial charge in [-0.1, -0.05) is 40.9 Å². The number of aromatic amines is 1. The highest BCUT2D eigenvalue weighted by Gasteiger charge is 2.34. The predicted octanol–water partition coefficient (Wildman–Crippen LogP) is 4.85. The van der Waals surface area contributed by atoms with Gasteiger partial charge in [-0.25, -0.2) is 0 Å². The molecule has 1 aliphatic heterocycles. The van der Waals surface area contributed by atoms with Crippen LogP contribution in [0.2, 0.25) is 15.1 Å². The van der Waals surface area contributed by atoms with Crippen molar-refractivity contribution in [2.45, 2.75) is 19.3 Å². The number of anilines is 4. The molecule has 164 valence electrons. The summed E-state index contributed by atoms with van der Waals surface area (Å²) in [6, 6.07) is 9.79. The van der Waals surface area contributed by atoms with Crippen molar-refractivity contribution in [3.05, 3.63) is 72.9 Å². The number of amides is 2. The number of carbonyl (C=O) groups excluding carboxylic acids is 2. The Morgan fingerprint density at radius 3 is 2.47 bits per heavy atom. The van der Waals surface area contributed by atoms with Gasteiger partial charge < -0.3 is 16.0 Å². The van der Waals surface area contributed by atoms with E-state index in [9.17, 15) is 14.4 Å². The van der Waals surface area contributed by atoms with E-state index < -0.39 is 23.3 Å². The topological polar surface area (TPSA) is 116 Å². The highest BCUT2D eigenvalue weighted by molar-refractivity contribution is 6.35. The first-order valence-corrected chi connectivity index (χ1v) is 10.6. The van der Waals surface area contributed by atoms with E-state index in [-0.39, 0.29) is 23.8 Å². The van der Waals surface area contributed by atoms with E-state index in [0.29, 0.717) is 26.4 Å². The monoisotopic (exact) mass is 491 g/mol. The van der Waals surface area contributed by atoms with Crippen molar-refractivity contribution in [3.8, 4) is 0 Å². The minimum absolute atomic E-state index is 0.00251. The van der Waals surface area contributed by atoms with Gasteiger partial charge in [0.05, 0.1) is 11.5 Å². The summed E-state index contributed by atoms with van der Waals surface area (Å²) < 4.78 is 0. The van der Waals surface area contributed by atoms with Gasteiger partial charge in [-0.2, -0.15) is 4.98 Å². The van der Waals surface area contributed by atoms with Crippen LogP contribution >= 0.6 is 34.8 Å². The van der Waals surface area contributed by atoms with Gasteiger partial charge >= 0.3 is 0 Å². The summed E-state index contributed by atoms with van der Waals surface area (Å²) in [7, 11) is 0. The van der Waals surface area contributed by atoms with Crippen LogP contribution in [-0.4, -0.2) is 21.8 Å². The lowest BCUT2D eigenvalue weighted by atomic mass is 9.92. The largest absolute Gasteiger partial charge is 0.326 e. The van der Waals surface area contributed by atoms with Gasteiger partial charge in [0.2, 0.25) is 17.8 Å². The normalized spacial score (nSPS) is 15.0. The first-order chi connectivity index (χ1) is 15.2. The molecule has 0 saturated heterocycles. The first kappa shape index (κ1) is 22.1. The van der Waals surface area contributed by atoms with Crippen LogP contribution in [0.25, 0.3) is 0 Å². The smallest absolute Gasteiger partial charge is 0.258 e. The van der Waals surface area contributed by atoms with Crippen LogP contribution in [0.4, 0.5) is 23.1 Å². The average Bonchev–Trinajstić information content (AvgIpc) is 2.69. The Morgan fingerprint density at radius 1 is 1.06 bits per heavy atom. The number of carbonyl (C=O) groups is 2. The Balaban J connectivity index is 1.64. The highest BCUT2D eigenvalue weighted by atomic mass is 35.5. The lowest BCUT2D eigenvalue weighted by molar-refractivity contribution is -0.123. The Labute approximate surface area is 197 Å². The Kier molecular flexibility index (Phi) is 6.10. The van der Waals surface area contributed by atoms with E-state index in [1.54, 1.807) is 36.4 Å². The van der Waals surface area contributed by atoms with Gasteiger partial charge in [-0.3, -0.25) is 19.4 Å². The van der Waals surface area contributed by atoms with E-state index in [0.717, 1.165) is 5.56 Å². The van der Waals surface area contributed by atoms with Crippen LogP contribution in [-0.2, 0) is 9.59 Å². The molecule has 1 aromatic heterocycles. The number of rotatable bonds is 4. The van der Waals surface area contributed by atoms with Crippen LogP contribution in [0.3, 0.4) is 0 Å². The summed E-state index contributed by atoms with van der Waals surface area (Å²) in [5.74, 6) is -1.92. The van der Waals surface area contributed by atoms with Crippen molar-refractivity contribution in [2.75, 3.05) is 16.0 Å². The van der Waals surface area contributed by atoms with E-state index in [4.69, 9.17) is 34.8 Å². The molecule has 0 saturated carbocycles. The second-order valence-corrected chi connectivity index (χ2v) is 8.50. The molecule has 8 nitrogen and oxygen atoms in total. The van der Waals surface area contributed by atoms with Crippen LogP contribution in [0, 0.1) is 6.92 Å². The maximum absolute atomic E-state index is 12.9. The number of hydrogen-bond acceptors (Lipinski definition) is 5. The van der Waals surface area contributed by atoms with E-state index in [2.05, 4.69) is 25.9 Å². The predicted molar refractivity (Wildman–Crippen MR) is 125 cm³/mol. The van der Waals surface area contributed by atoms with E-state index in [1.165, 1.54) is 0 Å². The quantitative estimate of drug-likeness (QED) is 0.416. The zero-order valence-electron chi connectivity index (χ0n) is 16.6. The Bertz CT molecular complexity index is 1290. The Morgan fingerprint density at radius 2 is 1.78 bits per heavy atom. The molecule has 1 atom stereocenters. The number of nitrogens with zero attached hydrogens (tertiary/aromatic N) is 1. The van der Waals surface area contributed by atoms with Crippen LogP contribution < -0.4 is 21.5 Å². The first-order valence-electron chi connectivity index (χ1n) is 9.44. The van der Waals surface area contributed by atoms with Gasteiger partial charge in [0, 0.05) is 32.9 Å². The lowest BCUT2D eigenvalue weighted by Crippen LogP contribution is -2.36. The molecule has 0 aliphatic carbocycles. The van der Waals surface area contributed by atoms with E-state index in [1.807, 2.05) is 6.92 Å². The zero-order valence-corrected chi connectivity index (χ0v) is 18.8. The molecular formula is C21H16Cl3N5O3. The maximum atomic E-state index is 12.9. The minimum atomic E-state index is -1.02. The Hall–Kier alpha value is -3.07. The summed E-state index contributed by atoms with van der Waals surface area (Å²) in [5, 5.41) is 9.41. The van der Waals surface area contributed by atoms with Crippen molar-refractivity contribution in [3.63, 3.8) is 0 Å². The van der Waals surface area contributed by atoms with Gasteiger partial charge in [0.1, 0.15) is 5.82 Å². The molecule has 0 fully saturated rings. The molecule has 11 heteroatoms. The average molecular weight is 493 g/mol. The molecule has 0 radical (unpaired) electrons. The van der Waals surface area contributed by atoms with Crippen molar-refractivity contribution < 1.29 is 9.59 Å². The zero-order chi connectivity index (χ0) is 23.0. The molecular weight excluding hydrogens is 477 g/mol. The van der Waals surface area contributed by atoms with Crippen LogP contribution in [0.5, 0.6) is 0 Å². The standard InChI is InChI=1S/C21H16Cl3N5O3/c1-9-2-3-12(7-15(9)24)25-19(31)14-8-16(30)27-18-17(14)20(32)29-21(28-18)26-13-5-10(22)4-11(23)6-13/h2-7,14H,8H2,1H3,(H,25,31)(H3,26,27,28,29,30,32)/t14-/m1/s1. The van der Waals surface area contributed by atoms with Gasteiger partial charge in [0.25, 0.3) is 5.56 Å². The fraction of sp³-hybridized carbons (Fsp3) is 0.143. The third-order valence-corrected chi connectivity index (χ3v) is 5.68. The van der Waals surface area contributed by atoms with Crippen molar-refractivity contribution in [2.24, 2.45) is 0 Å². The number of aromatic nitrogens is 2. The molecule has 2 aromatic carbocycles. The van der Waals surface area contributed by atoms with Crippen molar-refractivity contribution in [1.82, 2.24) is 9.97 Å². The maximum Gasteiger partial charge on any atom is 0.258 e. The number of H-pyrrole nitrogens is 1. The number of hydrogen-bond donors (Lipinski definition) is 4. The highest BCUT2D eigenvalue weighted by Crippen LogP contribution is 2.31. The lowest BCUT2D eigenvalue weighted by Gasteiger charge is -2.23. The van der Waals surface area contributed by atoms with E-state index >= 15 is 0 Å². The fourth-order valence-corrected chi connectivity index (χ4v) is 4.02. The summed E-state index contributed by atoms with van der Waals surface area (Å²) >= 11 is 18.1. The number of aryl methyl sites for hydroxylation is 1. The van der Waals surface area contributed by atoms with Crippen molar-refractivity contribution in [1.29, 1.82) is 0 Å². The molecule has 2 heterocycles. The third-order valence-electron chi connectivity index (χ3n) is 4.83. The minimum Gasteiger partial charge on any atom is -0.326 e. The number of fused-ring (bicyclic) bond motifs is 1. The van der Waals surface area contributed by atoms with Gasteiger partial charge in [-0.05, 0) is 42.8 Å². The third kappa shape index (κ3) is 4.72. The van der Waals surface area contributed by atoms with Gasteiger partial charge in [0.15, 0.2) is 0 Å². The molecule has 1 aliphatic rings. The number of nitrogens with one attached hydrogen (secondary N) is 4. The van der Waals surface area contributed by atoms with Crippen LogP contribution in [0.15, 0.2) is 41.2 Å². The SMILES string of the molecule is Cc1ccc(NC(=O)[C@@H]2CC(=O)Nc3nc(Nc4cc(Cl)cc(Cl)c4)[nH]c(=O)c32)cc1Cl. The second-order valence-electron chi connectivity index (χ2n) is 7.22. The molecule has 32 heavy (non-hydrogen) atoms. The molecule has 4 rings (SSSR count). The molecule has 2 amide bonds. The fourth-order valence-electron chi connectivity index (χ4n) is 3.32. The molecule has 3 aromatic rings. The number of benzene rings is 2. The second kappa shape index (κ2) is 8.82. The molecule has 4 N–H and O–H groups in total. The molecule has 0 bridgehead atoms. The molecule has 0 spiro atoms. The summed E-state index contributed by atoms with van der Waals surface area (Å²) in [5.41, 5.74) is 1.30.